The monoisotopic (exact) mass is 354 g/mol. The zero-order valence-electron chi connectivity index (χ0n) is 14.7. The molecule has 0 spiro atoms. The maximum atomic E-state index is 13.7. The average molecular weight is 354 g/mol. The number of nitrogens with two attached hydrogens (primary N) is 1. The zero-order valence-corrected chi connectivity index (χ0v) is 14.7. The number of allylic oxidation sites excluding steroid dienone is 4. The Kier molecular flexibility index (Phi) is 5.04. The highest BCUT2D eigenvalue weighted by molar-refractivity contribution is 6.28. The summed E-state index contributed by atoms with van der Waals surface area (Å²) in [6.07, 6.45) is 6.01. The van der Waals surface area contributed by atoms with E-state index in [2.05, 4.69) is 29.7 Å². The first-order valence-electron chi connectivity index (χ1n) is 8.65. The molecule has 5 nitrogen and oxygen atoms in total. The van der Waals surface area contributed by atoms with Gasteiger partial charge in [-0.3, -0.25) is 10.2 Å². The molecule has 1 aliphatic carbocycles. The highest BCUT2D eigenvalue weighted by Gasteiger charge is 2.28. The van der Waals surface area contributed by atoms with Crippen LogP contribution >= 0.6 is 0 Å². The summed E-state index contributed by atoms with van der Waals surface area (Å²) in [5.74, 6) is -1.42. The van der Waals surface area contributed by atoms with Crippen LogP contribution in [0.4, 0.5) is 10.1 Å². The summed E-state index contributed by atoms with van der Waals surface area (Å²) in [6, 6.07) is 8.10. The number of benzene rings is 1. The number of amides is 1. The van der Waals surface area contributed by atoms with E-state index in [9.17, 15) is 9.18 Å². The maximum absolute atomic E-state index is 13.7. The molecule has 5 N–H and O–H groups in total. The normalized spacial score (nSPS) is 24.8. The second-order valence-corrected chi connectivity index (χ2v) is 6.99. The first kappa shape index (κ1) is 18.1. The van der Waals surface area contributed by atoms with E-state index >= 15 is 0 Å². The van der Waals surface area contributed by atoms with Gasteiger partial charge in [0.1, 0.15) is 5.83 Å². The summed E-state index contributed by atoms with van der Waals surface area (Å²) in [5.41, 5.74) is 7.47. The van der Waals surface area contributed by atoms with Gasteiger partial charge in [0.25, 0.3) is 5.91 Å². The summed E-state index contributed by atoms with van der Waals surface area (Å²) in [5, 5.41) is 14.5. The first-order chi connectivity index (χ1) is 12.4. The van der Waals surface area contributed by atoms with E-state index in [0.717, 1.165) is 31.3 Å². The third-order valence-corrected chi connectivity index (χ3v) is 4.97. The molecule has 3 rings (SSSR count). The minimum absolute atomic E-state index is 0.0937. The van der Waals surface area contributed by atoms with E-state index < -0.39 is 11.7 Å². The predicted molar refractivity (Wildman–Crippen MR) is 102 cm³/mol. The van der Waals surface area contributed by atoms with E-state index in [-0.39, 0.29) is 22.3 Å². The van der Waals surface area contributed by atoms with Crippen molar-refractivity contribution in [1.29, 1.82) is 5.41 Å². The molecule has 1 aliphatic heterocycles. The fourth-order valence-electron chi connectivity index (χ4n) is 3.37. The number of hydrogen-bond donors (Lipinski definition) is 4. The molecule has 1 heterocycles. The Morgan fingerprint density at radius 2 is 2.08 bits per heavy atom. The van der Waals surface area contributed by atoms with Crippen LogP contribution in [0.2, 0.25) is 0 Å². The maximum Gasteiger partial charge on any atom is 0.250 e. The van der Waals surface area contributed by atoms with Crippen molar-refractivity contribution in [2.75, 3.05) is 18.4 Å². The van der Waals surface area contributed by atoms with Crippen LogP contribution in [0.1, 0.15) is 25.3 Å². The number of anilines is 1. The summed E-state index contributed by atoms with van der Waals surface area (Å²) in [6.45, 7) is 4.30. The molecule has 6 heteroatoms. The smallest absolute Gasteiger partial charge is 0.250 e. The predicted octanol–water partition coefficient (Wildman–Crippen LogP) is 2.92. The summed E-state index contributed by atoms with van der Waals surface area (Å²) >= 11 is 0. The van der Waals surface area contributed by atoms with E-state index in [1.54, 1.807) is 0 Å². The molecule has 26 heavy (non-hydrogen) atoms. The third-order valence-electron chi connectivity index (χ3n) is 4.97. The van der Waals surface area contributed by atoms with Gasteiger partial charge in [-0.25, -0.2) is 4.39 Å². The lowest BCUT2D eigenvalue weighted by Crippen LogP contribution is -2.41. The fourth-order valence-corrected chi connectivity index (χ4v) is 3.37. The van der Waals surface area contributed by atoms with Crippen LogP contribution in [0.25, 0.3) is 0 Å². The van der Waals surface area contributed by atoms with Crippen LogP contribution < -0.4 is 16.4 Å². The van der Waals surface area contributed by atoms with Gasteiger partial charge in [0.05, 0.1) is 11.3 Å². The van der Waals surface area contributed by atoms with Crippen molar-refractivity contribution in [2.45, 2.75) is 25.2 Å². The molecule has 1 saturated heterocycles. The van der Waals surface area contributed by atoms with Crippen LogP contribution in [0.15, 0.2) is 59.6 Å². The molecular weight excluding hydrogens is 331 g/mol. The molecule has 136 valence electrons. The van der Waals surface area contributed by atoms with Crippen LogP contribution in [-0.4, -0.2) is 24.7 Å². The lowest BCUT2D eigenvalue weighted by Gasteiger charge is -2.34. The van der Waals surface area contributed by atoms with Crippen LogP contribution in [0.3, 0.4) is 0 Å². The summed E-state index contributed by atoms with van der Waals surface area (Å²) in [7, 11) is 0. The van der Waals surface area contributed by atoms with Gasteiger partial charge >= 0.3 is 0 Å². The minimum atomic E-state index is -0.817. The number of primary amides is 1. The highest BCUT2D eigenvalue weighted by atomic mass is 19.1. The second kappa shape index (κ2) is 7.25. The lowest BCUT2D eigenvalue weighted by atomic mass is 9.76. The van der Waals surface area contributed by atoms with Crippen LogP contribution in [0.5, 0.6) is 0 Å². The van der Waals surface area contributed by atoms with Gasteiger partial charge in [0.15, 0.2) is 0 Å². The minimum Gasteiger partial charge on any atom is -0.366 e. The molecule has 0 saturated carbocycles. The fraction of sp³-hybridized carbons (Fsp3) is 0.300. The SMILES string of the molecule is CC1(c2ccc(N/C=C3/C=C(F)C=C(C(N)=O)C3=N)cc2)CCCNC1. The molecule has 1 amide bonds. The number of hydrogen-bond acceptors (Lipinski definition) is 4. The molecule has 1 aromatic carbocycles. The number of nitrogens with one attached hydrogen (secondary N) is 3. The molecule has 0 aromatic heterocycles. The largest absolute Gasteiger partial charge is 0.366 e. The Hall–Kier alpha value is -2.73. The molecule has 1 unspecified atom stereocenters. The number of piperidine rings is 1. The van der Waals surface area contributed by atoms with Gasteiger partial charge in [-0.2, -0.15) is 0 Å². The van der Waals surface area contributed by atoms with Gasteiger partial charge in [0.2, 0.25) is 0 Å². The van der Waals surface area contributed by atoms with Gasteiger partial charge in [-0.15, -0.1) is 0 Å². The van der Waals surface area contributed by atoms with E-state index in [4.69, 9.17) is 11.1 Å². The van der Waals surface area contributed by atoms with Gasteiger partial charge in [0, 0.05) is 29.4 Å². The van der Waals surface area contributed by atoms with Crippen molar-refractivity contribution < 1.29 is 9.18 Å². The van der Waals surface area contributed by atoms with Crippen molar-refractivity contribution in [2.24, 2.45) is 5.73 Å². The summed E-state index contributed by atoms with van der Waals surface area (Å²) < 4.78 is 13.7. The van der Waals surface area contributed by atoms with E-state index in [1.807, 2.05) is 12.1 Å². The van der Waals surface area contributed by atoms with Crippen LogP contribution in [0, 0.1) is 5.41 Å². The molecule has 0 radical (unpaired) electrons. The van der Waals surface area contributed by atoms with E-state index in [0.29, 0.717) is 0 Å². The van der Waals surface area contributed by atoms with Crippen molar-refractivity contribution >= 4 is 17.3 Å². The van der Waals surface area contributed by atoms with Gasteiger partial charge in [-0.05, 0) is 49.2 Å². The Morgan fingerprint density at radius 1 is 1.35 bits per heavy atom. The van der Waals surface area contributed by atoms with E-state index in [1.165, 1.54) is 24.3 Å². The molecule has 1 atom stereocenters. The third kappa shape index (κ3) is 3.75. The molecule has 1 fully saturated rings. The Balaban J connectivity index is 1.74. The zero-order chi connectivity index (χ0) is 18.7. The van der Waals surface area contributed by atoms with Crippen molar-refractivity contribution in [3.8, 4) is 0 Å². The first-order valence-corrected chi connectivity index (χ1v) is 8.65. The highest BCUT2D eigenvalue weighted by Crippen LogP contribution is 2.31. The Morgan fingerprint density at radius 3 is 2.69 bits per heavy atom. The standard InChI is InChI=1S/C20H23FN4O/c1-20(7-2-8-24-12-20)14-3-5-16(6-4-14)25-11-13-9-15(21)10-17(18(13)22)19(23)26/h3-6,9-11,22,24-25H,2,7-8,12H2,1H3,(H2,23,26)/b13-11-,22-18?. The number of carbonyl (C=O) groups excluding carboxylic acids is 1. The van der Waals surface area contributed by atoms with Crippen LogP contribution in [-0.2, 0) is 10.2 Å². The topological polar surface area (TPSA) is 91.0 Å². The van der Waals surface area contributed by atoms with Crippen molar-refractivity contribution in [1.82, 2.24) is 5.32 Å². The second-order valence-electron chi connectivity index (χ2n) is 6.99. The molecule has 1 aromatic rings. The lowest BCUT2D eigenvalue weighted by molar-refractivity contribution is -0.114. The quantitative estimate of drug-likeness (QED) is 0.670. The average Bonchev–Trinajstić information content (AvgIpc) is 2.63. The van der Waals surface area contributed by atoms with Gasteiger partial charge < -0.3 is 16.4 Å². The molecule has 0 bridgehead atoms. The Labute approximate surface area is 152 Å². The molecule has 2 aliphatic rings. The molecular formula is C20H23FN4O. The number of carbonyl (C=O) groups is 1. The number of rotatable bonds is 4. The number of halogens is 1. The van der Waals surface area contributed by atoms with Gasteiger partial charge in [-0.1, -0.05) is 19.1 Å². The Bertz CT molecular complexity index is 815. The van der Waals surface area contributed by atoms with Crippen molar-refractivity contribution in [3.05, 3.63) is 65.2 Å². The summed E-state index contributed by atoms with van der Waals surface area (Å²) in [4.78, 5) is 11.3. The van der Waals surface area contributed by atoms with Crippen molar-refractivity contribution in [3.63, 3.8) is 0 Å².